The zero-order chi connectivity index (χ0) is 25.2. The Morgan fingerprint density at radius 2 is 1.74 bits per heavy atom. The van der Waals surface area contributed by atoms with E-state index in [-0.39, 0.29) is 5.56 Å². The van der Waals surface area contributed by atoms with E-state index in [4.69, 9.17) is 5.26 Å². The lowest BCUT2D eigenvalue weighted by atomic mass is 10.0. The predicted molar refractivity (Wildman–Crippen MR) is 126 cm³/mol. The van der Waals surface area contributed by atoms with Crippen LogP contribution >= 0.6 is 0 Å². The summed E-state index contributed by atoms with van der Waals surface area (Å²) in [5.74, 6) is -4.35. The maximum Gasteiger partial charge on any atom is 0.268 e. The summed E-state index contributed by atoms with van der Waals surface area (Å²) in [7, 11) is 0. The van der Waals surface area contributed by atoms with Crippen molar-refractivity contribution in [3.05, 3.63) is 77.1 Å². The van der Waals surface area contributed by atoms with E-state index < -0.39 is 43.3 Å². The first-order valence-corrected chi connectivity index (χ1v) is 11.2. The molecular weight excluding hydrogens is 452 g/mol. The van der Waals surface area contributed by atoms with Crippen LogP contribution in [0, 0.1) is 25.2 Å². The van der Waals surface area contributed by atoms with E-state index in [1.165, 1.54) is 5.56 Å². The Bertz CT molecular complexity index is 1280. The number of hydrogen-bond acceptors (Lipinski definition) is 4. The smallest absolute Gasteiger partial charge is 0.268 e. The largest absolute Gasteiger partial charge is 0.343 e. The van der Waals surface area contributed by atoms with Gasteiger partial charge in [-0.1, -0.05) is 54.1 Å². The van der Waals surface area contributed by atoms with Crippen LogP contribution in [0.3, 0.4) is 0 Å². The van der Waals surface area contributed by atoms with Crippen LogP contribution < -0.4 is 5.32 Å². The highest BCUT2D eigenvalue weighted by Gasteiger charge is 2.47. The van der Waals surface area contributed by atoms with Crippen molar-refractivity contribution in [1.82, 2.24) is 20.0 Å². The molecule has 0 saturated carbocycles. The molecule has 0 radical (unpaired) electrons. The number of aromatic nitrogens is 2. The van der Waals surface area contributed by atoms with Gasteiger partial charge in [-0.25, -0.2) is 8.78 Å². The van der Waals surface area contributed by atoms with Crippen molar-refractivity contribution >= 4 is 11.8 Å². The number of likely N-dealkylation sites (tertiary alicyclic amines) is 1. The van der Waals surface area contributed by atoms with Gasteiger partial charge >= 0.3 is 0 Å². The van der Waals surface area contributed by atoms with Crippen LogP contribution in [0.5, 0.6) is 0 Å². The summed E-state index contributed by atoms with van der Waals surface area (Å²) >= 11 is 0. The Morgan fingerprint density at radius 3 is 2.37 bits per heavy atom. The molecule has 4 rings (SSSR count). The Balaban J connectivity index is 1.36. The molecule has 2 amide bonds. The number of nitriles is 1. The molecule has 1 N–H and O–H groups in total. The lowest BCUT2D eigenvalue weighted by Gasteiger charge is -2.19. The Kier molecular flexibility index (Phi) is 6.65. The number of hydrogen-bond donors (Lipinski definition) is 1. The second-order valence-corrected chi connectivity index (χ2v) is 8.80. The quantitative estimate of drug-likeness (QED) is 0.586. The van der Waals surface area contributed by atoms with Crippen LogP contribution in [-0.4, -0.2) is 51.5 Å². The van der Waals surface area contributed by atoms with Crippen molar-refractivity contribution in [3.63, 3.8) is 0 Å². The maximum atomic E-state index is 13.6. The van der Waals surface area contributed by atoms with Gasteiger partial charge in [-0.2, -0.15) is 10.4 Å². The van der Waals surface area contributed by atoms with Crippen LogP contribution in [0.4, 0.5) is 8.78 Å². The van der Waals surface area contributed by atoms with E-state index >= 15 is 0 Å². The van der Waals surface area contributed by atoms with Gasteiger partial charge < -0.3 is 10.2 Å². The van der Waals surface area contributed by atoms with Crippen molar-refractivity contribution in [1.29, 1.82) is 5.26 Å². The number of carbonyl (C=O) groups excluding carboxylic acids is 2. The zero-order valence-corrected chi connectivity index (χ0v) is 19.5. The average Bonchev–Trinajstić information content (AvgIpc) is 3.36. The van der Waals surface area contributed by atoms with Crippen LogP contribution in [-0.2, 0) is 11.3 Å². The summed E-state index contributed by atoms with van der Waals surface area (Å²) < 4.78 is 28.8. The predicted octanol–water partition coefficient (Wildman–Crippen LogP) is 3.70. The van der Waals surface area contributed by atoms with Crippen molar-refractivity contribution in [2.75, 3.05) is 13.1 Å². The van der Waals surface area contributed by atoms with Crippen LogP contribution in [0.25, 0.3) is 11.1 Å². The molecule has 1 fully saturated rings. The van der Waals surface area contributed by atoms with Gasteiger partial charge in [0.1, 0.15) is 6.04 Å². The average molecular weight is 478 g/mol. The Hall–Kier alpha value is -4.06. The molecule has 3 aromatic rings. The standard InChI is InChI=1S/C26H25F2N5O2/c1-17-3-7-20(8-4-17)21-9-5-19(6-10-21)14-32-15-23(18(2)31-32)25(35)30-13-24(34)33-16-26(27,28)11-22(33)12-29/h3-10,15,22H,11,13-14,16H2,1-2H3,(H,30,35)/t22-/m0/s1. The van der Waals surface area contributed by atoms with E-state index in [1.807, 2.05) is 31.2 Å². The van der Waals surface area contributed by atoms with E-state index in [0.29, 0.717) is 12.2 Å². The lowest BCUT2D eigenvalue weighted by molar-refractivity contribution is -0.131. The lowest BCUT2D eigenvalue weighted by Crippen LogP contribution is -2.43. The fourth-order valence-electron chi connectivity index (χ4n) is 4.10. The molecule has 0 aliphatic carbocycles. The minimum atomic E-state index is -3.10. The van der Waals surface area contributed by atoms with E-state index in [9.17, 15) is 18.4 Å². The Labute approximate surface area is 202 Å². The molecule has 0 bridgehead atoms. The summed E-state index contributed by atoms with van der Waals surface area (Å²) in [4.78, 5) is 25.7. The van der Waals surface area contributed by atoms with E-state index in [0.717, 1.165) is 21.6 Å². The third kappa shape index (κ3) is 5.54. The first kappa shape index (κ1) is 24.1. The van der Waals surface area contributed by atoms with Crippen LogP contribution in [0.15, 0.2) is 54.7 Å². The third-order valence-corrected chi connectivity index (χ3v) is 6.01. The first-order valence-electron chi connectivity index (χ1n) is 11.2. The molecular formula is C26H25F2N5O2. The summed E-state index contributed by atoms with van der Waals surface area (Å²) in [5.41, 5.74) is 5.20. The highest BCUT2D eigenvalue weighted by atomic mass is 19.3. The first-order chi connectivity index (χ1) is 16.6. The molecule has 2 heterocycles. The number of nitrogens with one attached hydrogen (secondary N) is 1. The molecule has 1 aliphatic heterocycles. The van der Waals surface area contributed by atoms with Gasteiger partial charge in [0.25, 0.3) is 11.8 Å². The molecule has 1 aliphatic rings. The topological polar surface area (TPSA) is 91.0 Å². The van der Waals surface area contributed by atoms with Crippen LogP contribution in [0.2, 0.25) is 0 Å². The van der Waals surface area contributed by atoms with Crippen LogP contribution in [0.1, 0.15) is 33.6 Å². The minimum absolute atomic E-state index is 0.290. The number of rotatable bonds is 6. The highest BCUT2D eigenvalue weighted by molar-refractivity contribution is 5.97. The van der Waals surface area contributed by atoms with Gasteiger partial charge in [0.05, 0.1) is 37.0 Å². The number of halogens is 2. The van der Waals surface area contributed by atoms with Gasteiger partial charge in [0.15, 0.2) is 0 Å². The highest BCUT2D eigenvalue weighted by Crippen LogP contribution is 2.31. The number of carbonyl (C=O) groups is 2. The van der Waals surface area contributed by atoms with Crippen molar-refractivity contribution < 1.29 is 18.4 Å². The second-order valence-electron chi connectivity index (χ2n) is 8.80. The van der Waals surface area contributed by atoms with Gasteiger partial charge in [0, 0.05) is 12.6 Å². The maximum absolute atomic E-state index is 13.6. The number of aryl methyl sites for hydroxylation is 2. The summed E-state index contributed by atoms with van der Waals surface area (Å²) in [6.45, 7) is 2.89. The molecule has 1 aromatic heterocycles. The monoisotopic (exact) mass is 477 g/mol. The molecule has 0 unspecified atom stereocenters. The van der Waals surface area contributed by atoms with E-state index in [2.05, 4.69) is 34.7 Å². The molecule has 35 heavy (non-hydrogen) atoms. The van der Waals surface area contributed by atoms with Gasteiger partial charge in [-0.3, -0.25) is 14.3 Å². The van der Waals surface area contributed by atoms with Gasteiger partial charge in [0.2, 0.25) is 5.91 Å². The molecule has 180 valence electrons. The Morgan fingerprint density at radius 1 is 1.11 bits per heavy atom. The molecule has 7 nitrogen and oxygen atoms in total. The normalized spacial score (nSPS) is 16.7. The molecule has 1 atom stereocenters. The molecule has 0 spiro atoms. The molecule has 9 heteroatoms. The molecule has 1 saturated heterocycles. The summed E-state index contributed by atoms with van der Waals surface area (Å²) in [5, 5.41) is 15.9. The summed E-state index contributed by atoms with van der Waals surface area (Å²) in [6.07, 6.45) is 0.895. The van der Waals surface area contributed by atoms with Gasteiger partial charge in [-0.05, 0) is 30.5 Å². The third-order valence-electron chi connectivity index (χ3n) is 6.01. The summed E-state index contributed by atoms with van der Waals surface area (Å²) in [6, 6.07) is 16.9. The zero-order valence-electron chi connectivity index (χ0n) is 19.5. The van der Waals surface area contributed by atoms with E-state index in [1.54, 1.807) is 23.9 Å². The second kappa shape index (κ2) is 9.66. The SMILES string of the molecule is Cc1ccc(-c2ccc(Cn3cc(C(=O)NCC(=O)N4CC(F)(F)C[C@H]4C#N)c(C)n3)cc2)cc1. The van der Waals surface area contributed by atoms with Crippen molar-refractivity contribution in [2.45, 2.75) is 38.8 Å². The molecule has 2 aromatic carbocycles. The number of alkyl halides is 2. The fourth-order valence-corrected chi connectivity index (χ4v) is 4.10. The van der Waals surface area contributed by atoms with Gasteiger partial charge in [-0.15, -0.1) is 0 Å². The fraction of sp³-hybridized carbons (Fsp3) is 0.308. The number of benzene rings is 2. The number of amides is 2. The minimum Gasteiger partial charge on any atom is -0.343 e. The van der Waals surface area contributed by atoms with Crippen molar-refractivity contribution in [2.24, 2.45) is 0 Å². The number of nitrogens with zero attached hydrogens (tertiary/aromatic N) is 4. The van der Waals surface area contributed by atoms with Crippen molar-refractivity contribution in [3.8, 4) is 17.2 Å².